The van der Waals surface area contributed by atoms with E-state index in [2.05, 4.69) is 69.2 Å². The molecule has 5 atom stereocenters. The Balaban J connectivity index is 2.08. The minimum Gasteiger partial charge on any atom is -0.379 e. The van der Waals surface area contributed by atoms with Crippen molar-refractivity contribution in [3.8, 4) is 0 Å². The van der Waals surface area contributed by atoms with Gasteiger partial charge < -0.3 is 9.47 Å². The fourth-order valence-electron chi connectivity index (χ4n) is 6.53. The Labute approximate surface area is 189 Å². The lowest BCUT2D eigenvalue weighted by atomic mass is 9.57. The van der Waals surface area contributed by atoms with E-state index in [9.17, 15) is 0 Å². The predicted molar refractivity (Wildman–Crippen MR) is 130 cm³/mol. The van der Waals surface area contributed by atoms with Crippen LogP contribution < -0.4 is 0 Å². The molecule has 1 saturated carbocycles. The highest BCUT2D eigenvalue weighted by molar-refractivity contribution is 4.98. The molecular weight excluding hydrogens is 368 g/mol. The molecule has 2 fully saturated rings. The maximum absolute atomic E-state index is 6.46. The molecule has 2 aliphatic rings. The lowest BCUT2D eigenvalue weighted by Crippen LogP contribution is -2.42. The number of ether oxygens (including phenoxy) is 2. The second kappa shape index (κ2) is 10.2. The molecule has 0 aromatic carbocycles. The van der Waals surface area contributed by atoms with Gasteiger partial charge in [0.05, 0.1) is 12.7 Å². The molecule has 0 aromatic rings. The second-order valence-corrected chi connectivity index (χ2v) is 13.7. The Morgan fingerprint density at radius 1 is 0.833 bits per heavy atom. The van der Waals surface area contributed by atoms with Crippen molar-refractivity contribution in [3.05, 3.63) is 0 Å². The molecule has 30 heavy (non-hydrogen) atoms. The van der Waals surface area contributed by atoms with Crippen molar-refractivity contribution in [2.75, 3.05) is 19.8 Å². The van der Waals surface area contributed by atoms with Crippen molar-refractivity contribution >= 4 is 0 Å². The highest BCUT2D eigenvalue weighted by Gasteiger charge is 2.49. The van der Waals surface area contributed by atoms with Gasteiger partial charge in [-0.3, -0.25) is 0 Å². The van der Waals surface area contributed by atoms with E-state index in [1.165, 1.54) is 19.3 Å². The SMILES string of the molecule is CC(CC1COCCC(C(C)(C)C)CCO1)C(C1CC1)C(C)(CC(C)(C)C)C(C)C. The van der Waals surface area contributed by atoms with Gasteiger partial charge in [0.2, 0.25) is 0 Å². The highest BCUT2D eigenvalue weighted by atomic mass is 16.5. The lowest BCUT2D eigenvalue weighted by Gasteiger charge is -2.48. The normalized spacial score (nSPS) is 28.9. The van der Waals surface area contributed by atoms with Crippen molar-refractivity contribution in [2.45, 2.75) is 114 Å². The molecule has 1 aliphatic heterocycles. The molecule has 1 heterocycles. The topological polar surface area (TPSA) is 18.5 Å². The molecule has 0 radical (unpaired) electrons. The molecule has 5 unspecified atom stereocenters. The second-order valence-electron chi connectivity index (χ2n) is 13.7. The van der Waals surface area contributed by atoms with Gasteiger partial charge in [0.1, 0.15) is 0 Å². The number of hydrogen-bond donors (Lipinski definition) is 0. The minimum atomic E-state index is 0.256. The quantitative estimate of drug-likeness (QED) is 0.414. The summed E-state index contributed by atoms with van der Waals surface area (Å²) in [6.07, 6.45) is 7.89. The van der Waals surface area contributed by atoms with Crippen LogP contribution in [0.1, 0.15) is 108 Å². The zero-order valence-corrected chi connectivity index (χ0v) is 22.1. The maximum atomic E-state index is 6.46. The van der Waals surface area contributed by atoms with Crippen LogP contribution in [-0.2, 0) is 9.47 Å². The van der Waals surface area contributed by atoms with Crippen LogP contribution in [0.2, 0.25) is 0 Å². The van der Waals surface area contributed by atoms with Crippen molar-refractivity contribution in [1.29, 1.82) is 0 Å². The molecule has 0 aromatic heterocycles. The van der Waals surface area contributed by atoms with Crippen molar-refractivity contribution < 1.29 is 9.47 Å². The van der Waals surface area contributed by atoms with Crippen molar-refractivity contribution in [1.82, 2.24) is 0 Å². The van der Waals surface area contributed by atoms with Gasteiger partial charge in [0.25, 0.3) is 0 Å². The molecule has 178 valence electrons. The summed E-state index contributed by atoms with van der Waals surface area (Å²) < 4.78 is 12.6. The van der Waals surface area contributed by atoms with E-state index in [1.807, 2.05) is 0 Å². The predicted octanol–water partition coefficient (Wildman–Crippen LogP) is 8.00. The van der Waals surface area contributed by atoms with E-state index in [-0.39, 0.29) is 6.10 Å². The first kappa shape index (κ1) is 26.2. The molecule has 2 heteroatoms. The summed E-state index contributed by atoms with van der Waals surface area (Å²) in [6, 6.07) is 0. The molecule has 0 amide bonds. The molecule has 1 saturated heterocycles. The average molecular weight is 423 g/mol. The summed E-state index contributed by atoms with van der Waals surface area (Å²) in [5, 5.41) is 0. The van der Waals surface area contributed by atoms with Crippen LogP contribution in [0, 0.1) is 45.8 Å². The van der Waals surface area contributed by atoms with Crippen LogP contribution in [-0.4, -0.2) is 25.9 Å². The van der Waals surface area contributed by atoms with Crippen LogP contribution in [0.4, 0.5) is 0 Å². The fraction of sp³-hybridized carbons (Fsp3) is 1.00. The summed E-state index contributed by atoms with van der Waals surface area (Å²) in [5.74, 6) is 3.77. The van der Waals surface area contributed by atoms with Gasteiger partial charge >= 0.3 is 0 Å². The van der Waals surface area contributed by atoms with Gasteiger partial charge in [0, 0.05) is 13.2 Å². The van der Waals surface area contributed by atoms with Gasteiger partial charge in [-0.05, 0) is 84.4 Å². The Morgan fingerprint density at radius 2 is 1.43 bits per heavy atom. The third-order valence-electron chi connectivity index (χ3n) is 8.33. The van der Waals surface area contributed by atoms with E-state index in [4.69, 9.17) is 9.47 Å². The molecule has 0 spiro atoms. The van der Waals surface area contributed by atoms with Gasteiger partial charge in [0.15, 0.2) is 0 Å². The maximum Gasteiger partial charge on any atom is 0.0811 e. The van der Waals surface area contributed by atoms with Gasteiger partial charge in [-0.1, -0.05) is 69.2 Å². The minimum absolute atomic E-state index is 0.256. The molecule has 1 aliphatic carbocycles. The van der Waals surface area contributed by atoms with E-state index in [1.54, 1.807) is 0 Å². The zero-order chi connectivity index (χ0) is 22.7. The van der Waals surface area contributed by atoms with Crippen LogP contribution in [0.25, 0.3) is 0 Å². The Kier molecular flexibility index (Phi) is 8.93. The van der Waals surface area contributed by atoms with E-state index in [0.29, 0.717) is 34.0 Å². The van der Waals surface area contributed by atoms with Crippen molar-refractivity contribution in [2.24, 2.45) is 45.8 Å². The van der Waals surface area contributed by atoms with Gasteiger partial charge in [-0.2, -0.15) is 0 Å². The molecule has 0 bridgehead atoms. The van der Waals surface area contributed by atoms with Gasteiger partial charge in [-0.15, -0.1) is 0 Å². The van der Waals surface area contributed by atoms with Crippen LogP contribution in [0.3, 0.4) is 0 Å². The average Bonchev–Trinajstić information content (AvgIpc) is 3.36. The molecule has 2 rings (SSSR count). The lowest BCUT2D eigenvalue weighted by molar-refractivity contribution is -0.0453. The Morgan fingerprint density at radius 3 is 1.93 bits per heavy atom. The highest BCUT2D eigenvalue weighted by Crippen LogP contribution is 2.57. The molecule has 0 N–H and O–H groups in total. The monoisotopic (exact) mass is 422 g/mol. The molecular formula is C28H54O2. The zero-order valence-electron chi connectivity index (χ0n) is 22.1. The summed E-state index contributed by atoms with van der Waals surface area (Å²) in [7, 11) is 0. The third kappa shape index (κ3) is 7.51. The first-order valence-corrected chi connectivity index (χ1v) is 12.9. The summed E-state index contributed by atoms with van der Waals surface area (Å²) >= 11 is 0. The fourth-order valence-corrected chi connectivity index (χ4v) is 6.53. The van der Waals surface area contributed by atoms with Crippen LogP contribution >= 0.6 is 0 Å². The van der Waals surface area contributed by atoms with Crippen molar-refractivity contribution in [3.63, 3.8) is 0 Å². The molecule has 2 nitrogen and oxygen atoms in total. The number of rotatable bonds is 7. The smallest absolute Gasteiger partial charge is 0.0811 e. The Hall–Kier alpha value is -0.0800. The standard InChI is InChI=1S/C28H54O2/c1-20(2)28(10,19-26(4,5)6)25(22-11-12-22)21(3)17-24-18-29-15-13-23(14-16-30-24)27(7,8)9/h20-25H,11-19H2,1-10H3. The first-order chi connectivity index (χ1) is 13.7. The third-order valence-corrected chi connectivity index (χ3v) is 8.33. The van der Waals surface area contributed by atoms with Crippen LogP contribution in [0.15, 0.2) is 0 Å². The van der Waals surface area contributed by atoms with Gasteiger partial charge in [-0.25, -0.2) is 0 Å². The summed E-state index contributed by atoms with van der Waals surface area (Å²) in [6.45, 7) is 26.9. The first-order valence-electron chi connectivity index (χ1n) is 12.9. The largest absolute Gasteiger partial charge is 0.379 e. The van der Waals surface area contributed by atoms with E-state index >= 15 is 0 Å². The van der Waals surface area contributed by atoms with E-state index < -0.39 is 0 Å². The van der Waals surface area contributed by atoms with E-state index in [0.717, 1.165) is 50.9 Å². The number of hydrogen-bond acceptors (Lipinski definition) is 2. The summed E-state index contributed by atoms with van der Waals surface area (Å²) in [4.78, 5) is 0. The summed E-state index contributed by atoms with van der Waals surface area (Å²) in [5.41, 5.74) is 1.09. The van der Waals surface area contributed by atoms with Crippen LogP contribution in [0.5, 0.6) is 0 Å². The Bertz CT molecular complexity index is 508.